The molecule has 0 aliphatic carbocycles. The molecule has 4 heteroatoms. The monoisotopic (exact) mass is 317 g/mol. The van der Waals surface area contributed by atoms with Crippen molar-refractivity contribution in [1.82, 2.24) is 4.90 Å². The number of hydrogen-bond acceptors (Lipinski definition) is 3. The lowest BCUT2D eigenvalue weighted by Crippen LogP contribution is -2.43. The SMILES string of the molecule is CCOC(=O)CCC1CCN(C(=O)c2ccccc2)CC1CC. The fourth-order valence-corrected chi connectivity index (χ4v) is 3.41. The molecule has 2 unspecified atom stereocenters. The summed E-state index contributed by atoms with van der Waals surface area (Å²) in [4.78, 5) is 26.1. The molecule has 2 atom stereocenters. The Morgan fingerprint density at radius 3 is 2.57 bits per heavy atom. The zero-order valence-corrected chi connectivity index (χ0v) is 14.2. The number of nitrogens with zero attached hydrogens (tertiary/aromatic N) is 1. The van der Waals surface area contributed by atoms with Crippen LogP contribution in [0, 0.1) is 11.8 Å². The van der Waals surface area contributed by atoms with E-state index in [1.807, 2.05) is 42.2 Å². The van der Waals surface area contributed by atoms with Crippen LogP contribution >= 0.6 is 0 Å². The van der Waals surface area contributed by atoms with Crippen LogP contribution in [-0.2, 0) is 9.53 Å². The lowest BCUT2D eigenvalue weighted by atomic mass is 9.80. The number of rotatable bonds is 6. The quantitative estimate of drug-likeness (QED) is 0.754. The molecular weight excluding hydrogens is 290 g/mol. The van der Waals surface area contributed by atoms with Crippen LogP contribution in [0.1, 0.15) is 49.9 Å². The maximum atomic E-state index is 12.6. The summed E-state index contributed by atoms with van der Waals surface area (Å²) in [7, 11) is 0. The predicted molar refractivity (Wildman–Crippen MR) is 90.1 cm³/mol. The molecule has 1 aromatic rings. The van der Waals surface area contributed by atoms with Crippen LogP contribution in [0.2, 0.25) is 0 Å². The number of hydrogen-bond donors (Lipinski definition) is 0. The molecule has 1 aliphatic heterocycles. The minimum atomic E-state index is -0.106. The second-order valence-electron chi connectivity index (χ2n) is 6.18. The summed E-state index contributed by atoms with van der Waals surface area (Å²) in [6.45, 7) is 6.01. The number of piperidine rings is 1. The lowest BCUT2D eigenvalue weighted by molar-refractivity contribution is -0.143. The predicted octanol–water partition coefficient (Wildman–Crippen LogP) is 3.52. The largest absolute Gasteiger partial charge is 0.466 e. The zero-order chi connectivity index (χ0) is 16.7. The molecular formula is C19H27NO3. The lowest BCUT2D eigenvalue weighted by Gasteiger charge is -2.38. The Hall–Kier alpha value is -1.84. The molecule has 23 heavy (non-hydrogen) atoms. The molecule has 4 nitrogen and oxygen atoms in total. The molecule has 1 amide bonds. The fourth-order valence-electron chi connectivity index (χ4n) is 3.41. The summed E-state index contributed by atoms with van der Waals surface area (Å²) >= 11 is 0. The Labute approximate surface area is 138 Å². The minimum Gasteiger partial charge on any atom is -0.466 e. The van der Waals surface area contributed by atoms with Gasteiger partial charge in [-0.1, -0.05) is 31.5 Å². The van der Waals surface area contributed by atoms with Crippen LogP contribution in [0.25, 0.3) is 0 Å². The van der Waals surface area contributed by atoms with Crippen molar-refractivity contribution in [3.05, 3.63) is 35.9 Å². The van der Waals surface area contributed by atoms with Gasteiger partial charge in [-0.3, -0.25) is 9.59 Å². The summed E-state index contributed by atoms with van der Waals surface area (Å²) in [5, 5.41) is 0. The van der Waals surface area contributed by atoms with E-state index in [0.29, 0.717) is 24.9 Å². The van der Waals surface area contributed by atoms with E-state index in [9.17, 15) is 9.59 Å². The molecule has 0 radical (unpaired) electrons. The van der Waals surface area contributed by atoms with Gasteiger partial charge in [-0.25, -0.2) is 0 Å². The number of carbonyl (C=O) groups is 2. The summed E-state index contributed by atoms with van der Waals surface area (Å²) < 4.78 is 5.02. The first-order chi connectivity index (χ1) is 11.2. The van der Waals surface area contributed by atoms with E-state index in [4.69, 9.17) is 4.74 Å². The topological polar surface area (TPSA) is 46.6 Å². The van der Waals surface area contributed by atoms with Gasteiger partial charge in [-0.15, -0.1) is 0 Å². The fraction of sp³-hybridized carbons (Fsp3) is 0.579. The zero-order valence-electron chi connectivity index (χ0n) is 14.2. The van der Waals surface area contributed by atoms with Gasteiger partial charge in [-0.2, -0.15) is 0 Å². The van der Waals surface area contributed by atoms with Crippen molar-refractivity contribution in [1.29, 1.82) is 0 Å². The van der Waals surface area contributed by atoms with Crippen LogP contribution in [0.3, 0.4) is 0 Å². The number of esters is 1. The summed E-state index contributed by atoms with van der Waals surface area (Å²) in [6.07, 6.45) is 3.36. The molecule has 126 valence electrons. The van der Waals surface area contributed by atoms with Crippen LogP contribution in [-0.4, -0.2) is 36.5 Å². The molecule has 1 aromatic carbocycles. The van der Waals surface area contributed by atoms with E-state index in [-0.39, 0.29) is 11.9 Å². The highest BCUT2D eigenvalue weighted by Gasteiger charge is 2.30. The summed E-state index contributed by atoms with van der Waals surface area (Å²) in [5.41, 5.74) is 0.757. The van der Waals surface area contributed by atoms with Gasteiger partial charge >= 0.3 is 5.97 Å². The van der Waals surface area contributed by atoms with Crippen LogP contribution in [0.5, 0.6) is 0 Å². The molecule has 0 N–H and O–H groups in total. The summed E-state index contributed by atoms with van der Waals surface area (Å²) in [5.74, 6) is 0.980. The second kappa shape index (κ2) is 8.70. The van der Waals surface area contributed by atoms with Crippen molar-refractivity contribution in [2.45, 2.75) is 39.5 Å². The molecule has 1 aliphatic rings. The van der Waals surface area contributed by atoms with Crippen molar-refractivity contribution >= 4 is 11.9 Å². The highest BCUT2D eigenvalue weighted by molar-refractivity contribution is 5.94. The van der Waals surface area contributed by atoms with Crippen molar-refractivity contribution in [2.24, 2.45) is 11.8 Å². The average Bonchev–Trinajstić information content (AvgIpc) is 2.60. The second-order valence-corrected chi connectivity index (χ2v) is 6.18. The van der Waals surface area contributed by atoms with E-state index in [0.717, 1.165) is 37.9 Å². The van der Waals surface area contributed by atoms with Crippen molar-refractivity contribution in [3.8, 4) is 0 Å². The first kappa shape index (κ1) is 17.5. The maximum absolute atomic E-state index is 12.6. The third-order valence-electron chi connectivity index (χ3n) is 4.75. The molecule has 1 fully saturated rings. The normalized spacial score (nSPS) is 21.0. The molecule has 0 bridgehead atoms. The first-order valence-corrected chi connectivity index (χ1v) is 8.65. The van der Waals surface area contributed by atoms with Gasteiger partial charge < -0.3 is 9.64 Å². The van der Waals surface area contributed by atoms with Crippen molar-refractivity contribution in [3.63, 3.8) is 0 Å². The number of carbonyl (C=O) groups excluding carboxylic acids is 2. The van der Waals surface area contributed by atoms with Gasteiger partial charge in [0.15, 0.2) is 0 Å². The van der Waals surface area contributed by atoms with Gasteiger partial charge in [0.2, 0.25) is 0 Å². The number of amides is 1. The van der Waals surface area contributed by atoms with Crippen LogP contribution in [0.15, 0.2) is 30.3 Å². The van der Waals surface area contributed by atoms with Crippen LogP contribution in [0.4, 0.5) is 0 Å². The third kappa shape index (κ3) is 4.81. The molecule has 1 heterocycles. The maximum Gasteiger partial charge on any atom is 0.305 e. The smallest absolute Gasteiger partial charge is 0.305 e. The first-order valence-electron chi connectivity index (χ1n) is 8.65. The van der Waals surface area contributed by atoms with Gasteiger partial charge in [0, 0.05) is 25.1 Å². The summed E-state index contributed by atoms with van der Waals surface area (Å²) in [6, 6.07) is 9.47. The standard InChI is InChI=1S/C19H27NO3/c1-3-15-14-20(19(22)17-8-6-5-7-9-17)13-12-16(15)10-11-18(21)23-4-2/h5-9,15-16H,3-4,10-14H2,1-2H3. The molecule has 0 aromatic heterocycles. The number of ether oxygens (including phenoxy) is 1. The van der Waals surface area contributed by atoms with Gasteiger partial charge in [0.05, 0.1) is 6.61 Å². The van der Waals surface area contributed by atoms with Gasteiger partial charge in [0.1, 0.15) is 0 Å². The molecule has 0 saturated carbocycles. The third-order valence-corrected chi connectivity index (χ3v) is 4.75. The van der Waals surface area contributed by atoms with E-state index in [2.05, 4.69) is 6.92 Å². The number of benzene rings is 1. The Bertz CT molecular complexity index is 515. The van der Waals surface area contributed by atoms with Crippen molar-refractivity contribution in [2.75, 3.05) is 19.7 Å². The Morgan fingerprint density at radius 1 is 1.17 bits per heavy atom. The highest BCUT2D eigenvalue weighted by atomic mass is 16.5. The average molecular weight is 317 g/mol. The molecule has 2 rings (SSSR count). The van der Waals surface area contributed by atoms with Crippen LogP contribution < -0.4 is 0 Å². The highest BCUT2D eigenvalue weighted by Crippen LogP contribution is 2.30. The Balaban J connectivity index is 1.91. The van der Waals surface area contributed by atoms with E-state index >= 15 is 0 Å². The van der Waals surface area contributed by atoms with E-state index in [1.165, 1.54) is 0 Å². The minimum absolute atomic E-state index is 0.106. The van der Waals surface area contributed by atoms with E-state index in [1.54, 1.807) is 0 Å². The van der Waals surface area contributed by atoms with Gasteiger partial charge in [0.25, 0.3) is 5.91 Å². The van der Waals surface area contributed by atoms with E-state index < -0.39 is 0 Å². The molecule has 0 spiro atoms. The Morgan fingerprint density at radius 2 is 1.91 bits per heavy atom. The molecule has 1 saturated heterocycles. The Kier molecular flexibility index (Phi) is 6.63. The number of likely N-dealkylation sites (tertiary alicyclic amines) is 1. The van der Waals surface area contributed by atoms with Gasteiger partial charge in [-0.05, 0) is 43.7 Å². The van der Waals surface area contributed by atoms with Crippen molar-refractivity contribution < 1.29 is 14.3 Å².